The van der Waals surface area contributed by atoms with Crippen LogP contribution in [-0.2, 0) is 20.7 Å². The number of rotatable bonds is 5. The first-order chi connectivity index (χ1) is 19.1. The fraction of sp³-hybridized carbons (Fsp3) is 0.485. The van der Waals surface area contributed by atoms with E-state index in [9.17, 15) is 24.6 Å². The molecule has 0 radical (unpaired) electrons. The Balaban J connectivity index is 1.66. The van der Waals surface area contributed by atoms with Crippen molar-refractivity contribution in [3.63, 3.8) is 0 Å². The highest BCUT2D eigenvalue weighted by Gasteiger charge is 2.81. The lowest BCUT2D eigenvalue weighted by molar-refractivity contribution is -0.171. The van der Waals surface area contributed by atoms with Crippen molar-refractivity contribution in [1.82, 2.24) is 0 Å². The Bertz CT molecular complexity index is 1560. The van der Waals surface area contributed by atoms with E-state index in [1.807, 2.05) is 53.7 Å². The molecular formula is C33H36O8. The van der Waals surface area contributed by atoms with E-state index >= 15 is 0 Å². The molecule has 3 aliphatic carbocycles. The van der Waals surface area contributed by atoms with Gasteiger partial charge in [0.25, 0.3) is 0 Å². The van der Waals surface area contributed by atoms with Crippen LogP contribution >= 0.6 is 0 Å². The fourth-order valence-corrected chi connectivity index (χ4v) is 7.44. The summed E-state index contributed by atoms with van der Waals surface area (Å²) >= 11 is 0. The summed E-state index contributed by atoms with van der Waals surface area (Å²) in [5.41, 5.74) is -2.14. The van der Waals surface area contributed by atoms with Crippen molar-refractivity contribution in [2.75, 3.05) is 0 Å². The van der Waals surface area contributed by atoms with Gasteiger partial charge in [0, 0.05) is 35.0 Å². The Morgan fingerprint density at radius 2 is 1.78 bits per heavy atom. The monoisotopic (exact) mass is 560 g/mol. The van der Waals surface area contributed by atoms with E-state index in [0.717, 1.165) is 5.57 Å². The molecule has 1 aromatic carbocycles. The number of ether oxygens (including phenoxy) is 3. The molecule has 0 amide bonds. The first kappa shape index (κ1) is 27.5. The molecule has 7 rings (SSSR count). The molecule has 8 nitrogen and oxygen atoms in total. The number of phenolic OH excluding ortho intramolecular Hbond substituents is 1. The molecule has 4 atom stereocenters. The number of carboxylic acids is 1. The number of allylic oxidation sites excluding steroid dienone is 3. The highest BCUT2D eigenvalue weighted by molar-refractivity contribution is 6.19. The zero-order valence-electron chi connectivity index (χ0n) is 24.5. The first-order valence-electron chi connectivity index (χ1n) is 14.1. The Hall–Kier alpha value is -3.65. The minimum Gasteiger partial charge on any atom is -0.506 e. The summed E-state index contributed by atoms with van der Waals surface area (Å²) in [6.07, 6.45) is 9.54. The maximum absolute atomic E-state index is 14.5. The molecule has 1 saturated carbocycles. The summed E-state index contributed by atoms with van der Waals surface area (Å²) in [5.74, 6) is -2.29. The van der Waals surface area contributed by atoms with Crippen molar-refractivity contribution in [3.05, 3.63) is 57.7 Å². The maximum atomic E-state index is 14.5. The van der Waals surface area contributed by atoms with E-state index in [1.165, 1.54) is 13.0 Å². The highest BCUT2D eigenvalue weighted by Crippen LogP contribution is 2.68. The molecule has 3 heterocycles. The fourth-order valence-electron chi connectivity index (χ4n) is 7.44. The van der Waals surface area contributed by atoms with Gasteiger partial charge in [0.2, 0.25) is 0 Å². The van der Waals surface area contributed by atoms with E-state index < -0.39 is 40.1 Å². The number of aliphatic carboxylic acids is 1. The molecule has 4 bridgehead atoms. The van der Waals surface area contributed by atoms with Gasteiger partial charge in [-0.1, -0.05) is 23.8 Å². The summed E-state index contributed by atoms with van der Waals surface area (Å²) in [7, 11) is 0. The van der Waals surface area contributed by atoms with Crippen molar-refractivity contribution in [2.24, 2.45) is 11.8 Å². The van der Waals surface area contributed by atoms with Gasteiger partial charge in [0.1, 0.15) is 28.4 Å². The van der Waals surface area contributed by atoms with Crippen LogP contribution in [0.3, 0.4) is 0 Å². The van der Waals surface area contributed by atoms with Gasteiger partial charge in [-0.2, -0.15) is 0 Å². The number of hydrogen-bond acceptors (Lipinski definition) is 7. The third-order valence-electron chi connectivity index (χ3n) is 9.37. The van der Waals surface area contributed by atoms with Crippen LogP contribution in [0.4, 0.5) is 0 Å². The second kappa shape index (κ2) is 8.44. The summed E-state index contributed by atoms with van der Waals surface area (Å²) in [6, 6.07) is 0. The van der Waals surface area contributed by atoms with Gasteiger partial charge in [-0.25, -0.2) is 4.79 Å². The van der Waals surface area contributed by atoms with Crippen LogP contribution in [0.2, 0.25) is 0 Å². The van der Waals surface area contributed by atoms with Gasteiger partial charge in [0.05, 0.1) is 11.2 Å². The summed E-state index contributed by atoms with van der Waals surface area (Å²) in [6.45, 7) is 13.0. The van der Waals surface area contributed by atoms with Gasteiger partial charge in [-0.3, -0.25) is 9.59 Å². The lowest BCUT2D eigenvalue weighted by Crippen LogP contribution is -2.72. The zero-order valence-corrected chi connectivity index (χ0v) is 24.5. The van der Waals surface area contributed by atoms with E-state index in [1.54, 1.807) is 12.2 Å². The summed E-state index contributed by atoms with van der Waals surface area (Å²) < 4.78 is 20.1. The Labute approximate surface area is 239 Å². The van der Waals surface area contributed by atoms with Gasteiger partial charge in [0.15, 0.2) is 22.8 Å². The smallest absolute Gasteiger partial charge is 0.330 e. The molecule has 1 spiro atoms. The van der Waals surface area contributed by atoms with Crippen molar-refractivity contribution in [3.8, 4) is 17.2 Å². The van der Waals surface area contributed by atoms with Crippen LogP contribution < -0.4 is 9.47 Å². The molecule has 1 saturated heterocycles. The molecule has 6 aliphatic rings. The summed E-state index contributed by atoms with van der Waals surface area (Å²) in [5, 5.41) is 21.1. The minimum atomic E-state index is -1.61. The molecule has 1 unspecified atom stereocenters. The van der Waals surface area contributed by atoms with E-state index in [4.69, 9.17) is 14.2 Å². The molecule has 3 aliphatic heterocycles. The van der Waals surface area contributed by atoms with Crippen molar-refractivity contribution >= 4 is 23.6 Å². The molecule has 0 aromatic heterocycles. The van der Waals surface area contributed by atoms with Crippen molar-refractivity contribution < 1.29 is 38.8 Å². The number of hydrogen-bond donors (Lipinski definition) is 2. The summed E-state index contributed by atoms with van der Waals surface area (Å²) in [4.78, 5) is 40.4. The number of phenols is 1. The van der Waals surface area contributed by atoms with Crippen molar-refractivity contribution in [1.29, 1.82) is 0 Å². The largest absolute Gasteiger partial charge is 0.506 e. The predicted octanol–water partition coefficient (Wildman–Crippen LogP) is 5.51. The topological polar surface area (TPSA) is 119 Å². The number of carbonyl (C=O) groups is 3. The predicted molar refractivity (Wildman–Crippen MR) is 151 cm³/mol. The lowest BCUT2D eigenvalue weighted by atomic mass is 9.51. The van der Waals surface area contributed by atoms with Gasteiger partial charge in [-0.15, -0.1) is 0 Å². The lowest BCUT2D eigenvalue weighted by Gasteiger charge is -2.56. The third-order valence-corrected chi connectivity index (χ3v) is 9.37. The standard InChI is InChI=1S/C33H36O8/c1-16(2)8-9-20-26-19(11-12-30(4,5)39-26)24(34)23-25(35)21-14-18-15-22-31(6,7)41-32(28(18)36,13-10-17(3)29(37)38)33(21,22)40-27(20)23/h8,10-12,14,18,22,34H,9,13,15H2,1-7H3,(H,37,38)/b17-10-/t18-,22?,32+,33-/m1/s1. The molecule has 1 aromatic rings. The normalized spacial score (nSPS) is 31.4. The van der Waals surface area contributed by atoms with E-state index in [-0.39, 0.29) is 40.8 Å². The zero-order chi connectivity index (χ0) is 29.9. The molecule has 216 valence electrons. The quantitative estimate of drug-likeness (QED) is 0.357. The van der Waals surface area contributed by atoms with E-state index in [2.05, 4.69) is 0 Å². The second-order valence-corrected chi connectivity index (χ2v) is 13.2. The number of benzene rings is 1. The molecule has 8 heteroatoms. The molecule has 41 heavy (non-hydrogen) atoms. The second-order valence-electron chi connectivity index (χ2n) is 13.2. The number of fused-ring (bicyclic) bond motifs is 2. The number of ketones is 2. The molecule has 2 fully saturated rings. The van der Waals surface area contributed by atoms with Crippen LogP contribution in [0, 0.1) is 11.8 Å². The first-order valence-corrected chi connectivity index (χ1v) is 14.1. The minimum absolute atomic E-state index is 0.0513. The van der Waals surface area contributed by atoms with Crippen LogP contribution in [-0.4, -0.2) is 50.2 Å². The third kappa shape index (κ3) is 3.52. The van der Waals surface area contributed by atoms with Gasteiger partial charge < -0.3 is 24.4 Å². The van der Waals surface area contributed by atoms with Crippen LogP contribution in [0.25, 0.3) is 6.08 Å². The molecule has 2 N–H and O–H groups in total. The number of carbonyl (C=O) groups excluding carboxylic acids is 2. The number of carboxylic acid groups (broad SMARTS) is 1. The number of Topliss-reactive ketones (excluding diaryl/α,β-unsaturated/α-hetero) is 2. The average molecular weight is 561 g/mol. The Morgan fingerprint density at radius 1 is 1.07 bits per heavy atom. The Kier molecular flexibility index (Phi) is 5.67. The maximum Gasteiger partial charge on any atom is 0.330 e. The van der Waals surface area contributed by atoms with Crippen LogP contribution in [0.5, 0.6) is 17.2 Å². The average Bonchev–Trinajstić information content (AvgIpc) is 3.03. The Morgan fingerprint density at radius 3 is 2.44 bits per heavy atom. The SMILES string of the molecule is CC(C)=CCc1c2c(c(O)c3c1O[C@]14C(=C[C@@H]5CC1C(C)(C)O[C@@]4(C/C=C(/C)C(=O)O)C5=O)C3=O)C=CC(C)(C)O2. The highest BCUT2D eigenvalue weighted by atomic mass is 16.6. The van der Waals surface area contributed by atoms with Gasteiger partial charge in [-0.05, 0) is 73.5 Å². The van der Waals surface area contributed by atoms with Crippen LogP contribution in [0.1, 0.15) is 82.8 Å². The molecular weight excluding hydrogens is 524 g/mol. The van der Waals surface area contributed by atoms with Gasteiger partial charge >= 0.3 is 5.97 Å². The number of aromatic hydroxyl groups is 1. The van der Waals surface area contributed by atoms with E-state index in [0.29, 0.717) is 35.3 Å². The van der Waals surface area contributed by atoms with Crippen molar-refractivity contribution in [2.45, 2.75) is 90.1 Å². The van der Waals surface area contributed by atoms with Crippen LogP contribution in [0.15, 0.2) is 41.0 Å².